The van der Waals surface area contributed by atoms with Gasteiger partial charge in [-0.2, -0.15) is 5.26 Å². The number of hydrazine groups is 1. The van der Waals surface area contributed by atoms with Gasteiger partial charge in [0, 0.05) is 13.7 Å². The molecule has 0 aromatic heterocycles. The second-order valence-electron chi connectivity index (χ2n) is 3.54. The van der Waals surface area contributed by atoms with Gasteiger partial charge < -0.3 is 10.1 Å². The molecule has 0 aliphatic carbocycles. The largest absolute Gasteiger partial charge is 0.383 e. The number of nitrogens with zero attached hydrogens (tertiary/aromatic N) is 2. The first-order chi connectivity index (χ1) is 8.80. The number of hydrogen-bond donors (Lipinski definition) is 3. The molecule has 96 valence electrons. The van der Waals surface area contributed by atoms with Crippen molar-refractivity contribution >= 4 is 5.96 Å². The summed E-state index contributed by atoms with van der Waals surface area (Å²) in [6.45, 7) is 1.70. The molecule has 0 bridgehead atoms. The maximum Gasteiger partial charge on any atom is 0.206 e. The lowest BCUT2D eigenvalue weighted by molar-refractivity contribution is 0.203. The van der Waals surface area contributed by atoms with Gasteiger partial charge in [-0.25, -0.2) is 10.8 Å². The van der Waals surface area contributed by atoms with Gasteiger partial charge in [-0.15, -0.1) is 0 Å². The summed E-state index contributed by atoms with van der Waals surface area (Å²) in [6, 6.07) is 9.33. The Balaban J connectivity index is 2.51. The van der Waals surface area contributed by atoms with Crippen molar-refractivity contribution in [2.24, 2.45) is 10.8 Å². The molecule has 1 aromatic carbocycles. The molecule has 0 heterocycles. The van der Waals surface area contributed by atoms with E-state index in [0.717, 1.165) is 5.56 Å². The lowest BCUT2D eigenvalue weighted by Gasteiger charge is -2.08. The quantitative estimate of drug-likeness (QED) is 0.226. The van der Waals surface area contributed by atoms with E-state index in [1.165, 1.54) is 0 Å². The smallest absolute Gasteiger partial charge is 0.206 e. The zero-order chi connectivity index (χ0) is 13.2. The van der Waals surface area contributed by atoms with Crippen LogP contribution < -0.4 is 16.6 Å². The Morgan fingerprint density at radius 3 is 2.72 bits per heavy atom. The van der Waals surface area contributed by atoms with Crippen LogP contribution >= 0.6 is 0 Å². The first-order valence-electron chi connectivity index (χ1n) is 5.53. The number of aliphatic imine (C=N–C) groups is 1. The molecule has 0 radical (unpaired) electrons. The van der Waals surface area contributed by atoms with Crippen LogP contribution in [0.4, 0.5) is 0 Å². The number of rotatable bonds is 5. The Hall–Kier alpha value is -2.10. The minimum absolute atomic E-state index is 0.491. The zero-order valence-corrected chi connectivity index (χ0v) is 10.3. The normalized spacial score (nSPS) is 10.8. The third-order valence-corrected chi connectivity index (χ3v) is 2.24. The summed E-state index contributed by atoms with van der Waals surface area (Å²) in [6.07, 6.45) is 0. The van der Waals surface area contributed by atoms with E-state index >= 15 is 0 Å². The van der Waals surface area contributed by atoms with Crippen molar-refractivity contribution < 1.29 is 4.74 Å². The molecule has 0 aliphatic rings. The molecule has 0 atom stereocenters. The van der Waals surface area contributed by atoms with Gasteiger partial charge in [-0.3, -0.25) is 5.43 Å². The molecular formula is C12H17N5O. The number of nitriles is 1. The van der Waals surface area contributed by atoms with Crippen LogP contribution in [0.15, 0.2) is 29.3 Å². The molecule has 1 aromatic rings. The highest BCUT2D eigenvalue weighted by Gasteiger charge is 1.96. The highest BCUT2D eigenvalue weighted by molar-refractivity contribution is 5.79. The Bertz CT molecular complexity index is 421. The first-order valence-corrected chi connectivity index (χ1v) is 5.53. The van der Waals surface area contributed by atoms with Crippen LogP contribution in [0.5, 0.6) is 0 Å². The summed E-state index contributed by atoms with van der Waals surface area (Å²) < 4.78 is 4.91. The van der Waals surface area contributed by atoms with Crippen molar-refractivity contribution in [1.29, 1.82) is 5.26 Å². The molecule has 0 amide bonds. The SMILES string of the molecule is COCCNC(=NCc1ccc(C#N)cc1)NN. The van der Waals surface area contributed by atoms with Crippen LogP contribution in [0.2, 0.25) is 0 Å². The van der Waals surface area contributed by atoms with Gasteiger partial charge in [0.1, 0.15) is 0 Å². The number of ether oxygens (including phenoxy) is 1. The van der Waals surface area contributed by atoms with E-state index in [0.29, 0.717) is 31.2 Å². The minimum Gasteiger partial charge on any atom is -0.383 e. The predicted molar refractivity (Wildman–Crippen MR) is 69.5 cm³/mol. The van der Waals surface area contributed by atoms with Crippen LogP contribution in [0, 0.1) is 11.3 Å². The lowest BCUT2D eigenvalue weighted by Crippen LogP contribution is -2.42. The maximum atomic E-state index is 8.68. The number of benzene rings is 1. The summed E-state index contributed by atoms with van der Waals surface area (Å²) in [5.41, 5.74) is 4.13. The molecule has 6 nitrogen and oxygen atoms in total. The Kier molecular flexibility index (Phi) is 6.25. The molecular weight excluding hydrogens is 230 g/mol. The van der Waals surface area contributed by atoms with Crippen molar-refractivity contribution in [3.63, 3.8) is 0 Å². The summed E-state index contributed by atoms with van der Waals surface area (Å²) in [5, 5.41) is 11.7. The fraction of sp³-hybridized carbons (Fsp3) is 0.333. The van der Waals surface area contributed by atoms with E-state index in [-0.39, 0.29) is 0 Å². The Morgan fingerprint density at radius 1 is 1.44 bits per heavy atom. The van der Waals surface area contributed by atoms with Gasteiger partial charge in [0.15, 0.2) is 0 Å². The van der Waals surface area contributed by atoms with Gasteiger partial charge in [0.25, 0.3) is 0 Å². The third kappa shape index (κ3) is 4.82. The second-order valence-corrected chi connectivity index (χ2v) is 3.54. The third-order valence-electron chi connectivity index (χ3n) is 2.24. The maximum absolute atomic E-state index is 8.68. The van der Waals surface area contributed by atoms with Gasteiger partial charge in [0.05, 0.1) is 24.8 Å². The monoisotopic (exact) mass is 247 g/mol. The number of methoxy groups -OCH3 is 1. The van der Waals surface area contributed by atoms with Crippen LogP contribution in [-0.2, 0) is 11.3 Å². The highest BCUT2D eigenvalue weighted by Crippen LogP contribution is 2.04. The summed E-state index contributed by atoms with van der Waals surface area (Å²) in [7, 11) is 1.63. The molecule has 0 fully saturated rings. The molecule has 6 heteroatoms. The van der Waals surface area contributed by atoms with Crippen LogP contribution in [0.25, 0.3) is 0 Å². The van der Waals surface area contributed by atoms with Crippen molar-refractivity contribution in [2.45, 2.75) is 6.54 Å². The van der Waals surface area contributed by atoms with Gasteiger partial charge in [-0.1, -0.05) is 12.1 Å². The summed E-state index contributed by atoms with van der Waals surface area (Å²) in [5.74, 6) is 5.85. The molecule has 4 N–H and O–H groups in total. The lowest BCUT2D eigenvalue weighted by atomic mass is 10.1. The highest BCUT2D eigenvalue weighted by atomic mass is 16.5. The topological polar surface area (TPSA) is 95.5 Å². The predicted octanol–water partition coefficient (Wildman–Crippen LogP) is 0.114. The fourth-order valence-corrected chi connectivity index (χ4v) is 1.28. The number of nitrogens with one attached hydrogen (secondary N) is 2. The minimum atomic E-state index is 0.491. The van der Waals surface area contributed by atoms with Crippen molar-refractivity contribution in [3.05, 3.63) is 35.4 Å². The molecule has 1 rings (SSSR count). The summed E-state index contributed by atoms with van der Waals surface area (Å²) >= 11 is 0. The molecule has 0 aliphatic heterocycles. The average Bonchev–Trinajstić information content (AvgIpc) is 2.43. The van der Waals surface area contributed by atoms with E-state index in [9.17, 15) is 0 Å². The number of nitrogens with two attached hydrogens (primary N) is 1. The first kappa shape index (κ1) is 14.0. The molecule has 0 saturated carbocycles. The van der Waals surface area contributed by atoms with Crippen LogP contribution in [0.3, 0.4) is 0 Å². The molecule has 0 spiro atoms. The van der Waals surface area contributed by atoms with E-state index < -0.39 is 0 Å². The van der Waals surface area contributed by atoms with Crippen molar-refractivity contribution in [3.8, 4) is 6.07 Å². The van der Waals surface area contributed by atoms with E-state index in [1.807, 2.05) is 12.1 Å². The number of hydrogen-bond acceptors (Lipinski definition) is 4. The summed E-state index contributed by atoms with van der Waals surface area (Å²) in [4.78, 5) is 4.27. The fourth-order valence-electron chi connectivity index (χ4n) is 1.28. The Morgan fingerprint density at radius 2 is 2.17 bits per heavy atom. The van der Waals surface area contributed by atoms with E-state index in [2.05, 4.69) is 21.8 Å². The van der Waals surface area contributed by atoms with Crippen LogP contribution in [-0.4, -0.2) is 26.2 Å². The average molecular weight is 247 g/mol. The molecule has 0 unspecified atom stereocenters. The second kappa shape index (κ2) is 8.06. The van der Waals surface area contributed by atoms with Gasteiger partial charge in [0.2, 0.25) is 5.96 Å². The van der Waals surface area contributed by atoms with Gasteiger partial charge >= 0.3 is 0 Å². The van der Waals surface area contributed by atoms with Crippen molar-refractivity contribution in [1.82, 2.24) is 10.7 Å². The van der Waals surface area contributed by atoms with E-state index in [1.54, 1.807) is 19.2 Å². The molecule has 18 heavy (non-hydrogen) atoms. The zero-order valence-electron chi connectivity index (χ0n) is 10.3. The van der Waals surface area contributed by atoms with Crippen LogP contribution in [0.1, 0.15) is 11.1 Å². The van der Waals surface area contributed by atoms with Crippen molar-refractivity contribution in [2.75, 3.05) is 20.3 Å². The number of guanidine groups is 1. The van der Waals surface area contributed by atoms with E-state index in [4.69, 9.17) is 15.8 Å². The standard InChI is InChI=1S/C12H17N5O/c1-18-7-6-15-12(17-14)16-9-11-4-2-10(8-13)3-5-11/h2-5H,6-7,9,14H2,1H3,(H2,15,16,17). The van der Waals surface area contributed by atoms with Gasteiger partial charge in [-0.05, 0) is 17.7 Å². The molecule has 0 saturated heterocycles. The Labute approximate surface area is 106 Å².